The van der Waals surface area contributed by atoms with E-state index in [1.807, 2.05) is 36.9 Å². The number of amides is 2. The first-order valence-corrected chi connectivity index (χ1v) is 10.6. The molecule has 1 saturated heterocycles. The maximum atomic E-state index is 12.6. The Kier molecular flexibility index (Phi) is 6.16. The third-order valence-corrected chi connectivity index (χ3v) is 5.62. The Hall–Kier alpha value is -3.75. The zero-order valence-electron chi connectivity index (χ0n) is 18.6. The molecule has 1 aliphatic heterocycles. The highest BCUT2D eigenvalue weighted by Gasteiger charge is 2.20. The average Bonchev–Trinajstić information content (AvgIpc) is 3.28. The third-order valence-electron chi connectivity index (χ3n) is 5.62. The normalized spacial score (nSPS) is 13.8. The first kappa shape index (κ1) is 21.5. The summed E-state index contributed by atoms with van der Waals surface area (Å²) in [6.07, 6.45) is 6.96. The van der Waals surface area contributed by atoms with Crippen LogP contribution in [-0.2, 0) is 11.3 Å². The quantitative estimate of drug-likeness (QED) is 0.679. The van der Waals surface area contributed by atoms with E-state index in [0.29, 0.717) is 19.6 Å². The number of carbonyl (C=O) groups excluding carboxylic acids is 2. The summed E-state index contributed by atoms with van der Waals surface area (Å²) in [7, 11) is 0. The summed E-state index contributed by atoms with van der Waals surface area (Å²) in [5.41, 5.74) is 5.70. The van der Waals surface area contributed by atoms with Gasteiger partial charge in [-0.05, 0) is 37.1 Å². The van der Waals surface area contributed by atoms with E-state index in [2.05, 4.69) is 25.3 Å². The van der Waals surface area contributed by atoms with Gasteiger partial charge in [0, 0.05) is 63.3 Å². The zero-order chi connectivity index (χ0) is 22.7. The number of pyridine rings is 2. The molecule has 0 bridgehead atoms. The molecule has 1 aliphatic rings. The predicted octanol–water partition coefficient (Wildman–Crippen LogP) is 2.38. The minimum Gasteiger partial charge on any atom is -0.365 e. The monoisotopic (exact) mass is 433 g/mol. The van der Waals surface area contributed by atoms with Gasteiger partial charge in [0.25, 0.3) is 0 Å². The minimum absolute atomic E-state index is 0.0911. The van der Waals surface area contributed by atoms with Crippen molar-refractivity contribution in [1.82, 2.24) is 30.0 Å². The summed E-state index contributed by atoms with van der Waals surface area (Å²) < 4.78 is 1.31. The van der Waals surface area contributed by atoms with E-state index in [4.69, 9.17) is 0 Å². The highest BCUT2D eigenvalue weighted by atomic mass is 16.2. The van der Waals surface area contributed by atoms with Crippen molar-refractivity contribution in [3.63, 3.8) is 0 Å². The molecule has 1 N–H and O–H groups in total. The van der Waals surface area contributed by atoms with Crippen LogP contribution in [0.2, 0.25) is 0 Å². The molecular formula is C23H27N7O2. The summed E-state index contributed by atoms with van der Waals surface area (Å²) in [6, 6.07) is 5.68. The lowest BCUT2D eigenvalue weighted by Gasteiger charge is -2.34. The molecule has 3 aromatic heterocycles. The number of anilines is 1. The first-order valence-electron chi connectivity index (χ1n) is 10.6. The van der Waals surface area contributed by atoms with Gasteiger partial charge in [0.1, 0.15) is 0 Å². The van der Waals surface area contributed by atoms with E-state index in [0.717, 1.165) is 46.9 Å². The van der Waals surface area contributed by atoms with Gasteiger partial charge >= 0.3 is 6.03 Å². The third kappa shape index (κ3) is 4.77. The molecule has 2 amide bonds. The molecule has 0 radical (unpaired) electrons. The maximum Gasteiger partial charge on any atom is 0.342 e. The lowest BCUT2D eigenvalue weighted by Crippen LogP contribution is -2.48. The molecule has 166 valence electrons. The van der Waals surface area contributed by atoms with Crippen LogP contribution in [0.3, 0.4) is 0 Å². The van der Waals surface area contributed by atoms with Gasteiger partial charge in [-0.2, -0.15) is 9.78 Å². The molecule has 4 heterocycles. The van der Waals surface area contributed by atoms with Crippen molar-refractivity contribution in [3.05, 3.63) is 59.8 Å². The summed E-state index contributed by atoms with van der Waals surface area (Å²) in [4.78, 5) is 36.8. The largest absolute Gasteiger partial charge is 0.365 e. The number of aromatic nitrogens is 4. The number of nitrogens with zero attached hydrogens (tertiary/aromatic N) is 6. The Morgan fingerprint density at radius 2 is 1.84 bits per heavy atom. The molecule has 0 atom stereocenters. The Morgan fingerprint density at radius 3 is 2.53 bits per heavy atom. The van der Waals surface area contributed by atoms with E-state index >= 15 is 0 Å². The van der Waals surface area contributed by atoms with Gasteiger partial charge in [-0.15, -0.1) is 0 Å². The highest BCUT2D eigenvalue weighted by molar-refractivity contribution is 5.77. The number of carbonyl (C=O) groups is 2. The molecule has 0 spiro atoms. The number of piperazine rings is 1. The molecule has 9 heteroatoms. The van der Waals surface area contributed by atoms with Gasteiger partial charge in [-0.25, -0.2) is 4.79 Å². The predicted molar refractivity (Wildman–Crippen MR) is 121 cm³/mol. The minimum atomic E-state index is -0.301. The second-order valence-corrected chi connectivity index (χ2v) is 7.99. The molecule has 4 rings (SSSR count). The van der Waals surface area contributed by atoms with Crippen molar-refractivity contribution < 1.29 is 9.59 Å². The molecule has 1 fully saturated rings. The Labute approximate surface area is 187 Å². The first-order chi connectivity index (χ1) is 15.4. The van der Waals surface area contributed by atoms with Gasteiger partial charge in [0.15, 0.2) is 0 Å². The van der Waals surface area contributed by atoms with E-state index in [9.17, 15) is 9.59 Å². The zero-order valence-corrected chi connectivity index (χ0v) is 18.6. The number of hydrogen-bond donors (Lipinski definition) is 1. The van der Waals surface area contributed by atoms with Crippen LogP contribution in [-0.4, -0.2) is 62.8 Å². The summed E-state index contributed by atoms with van der Waals surface area (Å²) in [5.74, 6) is 0.0911. The summed E-state index contributed by atoms with van der Waals surface area (Å²) in [5, 5.41) is 7.09. The van der Waals surface area contributed by atoms with E-state index < -0.39 is 0 Å². The fraction of sp³-hybridized carbons (Fsp3) is 0.348. The standard InChI is InChI=1S/C23H27N7O2/c1-16-10-19(12-25-22(16)20-4-5-24-17(2)11-20)13-26-23(32)30-15-21(14-27-30)29-8-6-28(7-9-29)18(3)31/h4-5,10-12,14-15H,6-9,13H2,1-3H3,(H,26,32). The number of hydrogen-bond acceptors (Lipinski definition) is 6. The van der Waals surface area contributed by atoms with Crippen molar-refractivity contribution in [1.29, 1.82) is 0 Å². The van der Waals surface area contributed by atoms with Gasteiger partial charge in [0.05, 0.1) is 23.8 Å². The fourth-order valence-corrected chi connectivity index (χ4v) is 3.85. The molecule has 0 saturated carbocycles. The topological polar surface area (TPSA) is 96.2 Å². The molecule has 0 aromatic carbocycles. The second kappa shape index (κ2) is 9.17. The number of nitrogens with one attached hydrogen (secondary N) is 1. The Bertz CT molecular complexity index is 1130. The number of aryl methyl sites for hydroxylation is 2. The molecule has 9 nitrogen and oxygen atoms in total. The highest BCUT2D eigenvalue weighted by Crippen LogP contribution is 2.22. The lowest BCUT2D eigenvalue weighted by molar-refractivity contribution is -0.129. The molecular weight excluding hydrogens is 406 g/mol. The van der Waals surface area contributed by atoms with Gasteiger partial charge in [-0.1, -0.05) is 6.07 Å². The van der Waals surface area contributed by atoms with Crippen LogP contribution in [0, 0.1) is 13.8 Å². The van der Waals surface area contributed by atoms with Crippen molar-refractivity contribution in [2.75, 3.05) is 31.1 Å². The SMILES string of the molecule is CC(=O)N1CCN(c2cnn(C(=O)NCc3cnc(-c4ccnc(C)c4)c(C)c3)c2)CC1. The molecule has 3 aromatic rings. The van der Waals surface area contributed by atoms with Crippen LogP contribution in [0.1, 0.15) is 23.7 Å². The van der Waals surface area contributed by atoms with Crippen molar-refractivity contribution in [3.8, 4) is 11.3 Å². The second-order valence-electron chi connectivity index (χ2n) is 7.99. The molecule has 32 heavy (non-hydrogen) atoms. The van der Waals surface area contributed by atoms with Crippen molar-refractivity contribution in [2.45, 2.75) is 27.3 Å². The molecule has 0 unspecified atom stereocenters. The van der Waals surface area contributed by atoms with Crippen LogP contribution in [0.15, 0.2) is 43.0 Å². The summed E-state index contributed by atoms with van der Waals surface area (Å²) in [6.45, 7) is 8.70. The summed E-state index contributed by atoms with van der Waals surface area (Å²) >= 11 is 0. The smallest absolute Gasteiger partial charge is 0.342 e. The average molecular weight is 434 g/mol. The van der Waals surface area contributed by atoms with E-state index in [-0.39, 0.29) is 11.9 Å². The van der Waals surface area contributed by atoms with Crippen molar-refractivity contribution >= 4 is 17.6 Å². The van der Waals surface area contributed by atoms with Gasteiger partial charge in [-0.3, -0.25) is 14.8 Å². The lowest BCUT2D eigenvalue weighted by atomic mass is 10.1. The van der Waals surface area contributed by atoms with Crippen LogP contribution < -0.4 is 10.2 Å². The fourth-order valence-electron chi connectivity index (χ4n) is 3.85. The number of rotatable bonds is 4. The van der Waals surface area contributed by atoms with E-state index in [1.54, 1.807) is 31.7 Å². The van der Waals surface area contributed by atoms with Crippen LogP contribution in [0.25, 0.3) is 11.3 Å². The van der Waals surface area contributed by atoms with Gasteiger partial charge < -0.3 is 15.1 Å². The van der Waals surface area contributed by atoms with Gasteiger partial charge in [0.2, 0.25) is 5.91 Å². The van der Waals surface area contributed by atoms with E-state index in [1.165, 1.54) is 4.68 Å². The maximum absolute atomic E-state index is 12.6. The molecule has 0 aliphatic carbocycles. The Balaban J connectivity index is 1.35. The Morgan fingerprint density at radius 1 is 1.06 bits per heavy atom. The van der Waals surface area contributed by atoms with Crippen LogP contribution in [0.4, 0.5) is 10.5 Å². The van der Waals surface area contributed by atoms with Crippen LogP contribution in [0.5, 0.6) is 0 Å². The van der Waals surface area contributed by atoms with Crippen molar-refractivity contribution in [2.24, 2.45) is 0 Å². The van der Waals surface area contributed by atoms with Crippen LogP contribution >= 0.6 is 0 Å².